The topological polar surface area (TPSA) is 114 Å². The lowest BCUT2D eigenvalue weighted by Gasteiger charge is -2.17. The molecule has 0 aliphatic carbocycles. The van der Waals surface area contributed by atoms with E-state index in [1.54, 1.807) is 22.7 Å². The predicted octanol–water partition coefficient (Wildman–Crippen LogP) is 4.18. The Morgan fingerprint density at radius 2 is 1.87 bits per heavy atom. The summed E-state index contributed by atoms with van der Waals surface area (Å²) in [7, 11) is 0. The van der Waals surface area contributed by atoms with Gasteiger partial charge in [0.2, 0.25) is 6.79 Å². The van der Waals surface area contributed by atoms with E-state index >= 15 is 0 Å². The molecular formula is C29H24N4O5S. The first-order valence-corrected chi connectivity index (χ1v) is 13.2. The molecule has 4 heterocycles. The standard InChI is InChI=1S/C29H24N4O5S/c34-15-22(19-5-2-1-3-6-19)31-29(36)26-25(20-10-12-39-16-20)32-27-21(7-4-11-33(26)27)28(35)30-14-18-8-9-23-24(13-18)38-17-37-23/h1-13,16,22,34H,14-15,17H2,(H,30,35)(H,31,36)/t22-/m1/s1. The number of hydrogen-bond acceptors (Lipinski definition) is 7. The number of pyridine rings is 1. The largest absolute Gasteiger partial charge is 0.454 e. The van der Waals surface area contributed by atoms with Gasteiger partial charge in [-0.25, -0.2) is 4.98 Å². The average molecular weight is 541 g/mol. The Hall–Kier alpha value is -4.67. The first kappa shape index (κ1) is 24.7. The molecule has 0 bridgehead atoms. The molecule has 2 amide bonds. The van der Waals surface area contributed by atoms with Crippen LogP contribution in [-0.2, 0) is 6.54 Å². The Kier molecular flexibility index (Phi) is 6.70. The number of fused-ring (bicyclic) bond motifs is 2. The zero-order chi connectivity index (χ0) is 26.8. The summed E-state index contributed by atoms with van der Waals surface area (Å²) in [5.74, 6) is 0.577. The third-order valence-corrected chi connectivity index (χ3v) is 7.17. The summed E-state index contributed by atoms with van der Waals surface area (Å²) in [4.78, 5) is 31.7. The molecule has 0 radical (unpaired) electrons. The molecule has 1 atom stereocenters. The third-order valence-electron chi connectivity index (χ3n) is 6.48. The number of thiophene rings is 1. The Morgan fingerprint density at radius 1 is 1.03 bits per heavy atom. The van der Waals surface area contributed by atoms with Gasteiger partial charge in [-0.05, 0) is 46.8 Å². The molecule has 39 heavy (non-hydrogen) atoms. The van der Waals surface area contributed by atoms with Crippen LogP contribution in [-0.4, -0.2) is 39.7 Å². The number of ether oxygens (including phenoxy) is 2. The van der Waals surface area contributed by atoms with Gasteiger partial charge in [-0.1, -0.05) is 36.4 Å². The first-order chi connectivity index (χ1) is 19.1. The van der Waals surface area contributed by atoms with Crippen LogP contribution in [0.15, 0.2) is 83.7 Å². The Balaban J connectivity index is 1.32. The molecule has 1 aliphatic heterocycles. The van der Waals surface area contributed by atoms with Crippen LogP contribution in [0.3, 0.4) is 0 Å². The van der Waals surface area contributed by atoms with Gasteiger partial charge in [0.15, 0.2) is 17.1 Å². The third kappa shape index (κ3) is 4.83. The monoisotopic (exact) mass is 540 g/mol. The summed E-state index contributed by atoms with van der Waals surface area (Å²) in [6.07, 6.45) is 1.71. The van der Waals surface area contributed by atoms with Crippen LogP contribution < -0.4 is 20.1 Å². The molecule has 1 aliphatic rings. The normalized spacial score (nSPS) is 12.8. The number of carbonyl (C=O) groups excluding carboxylic acids is 2. The quantitative estimate of drug-likeness (QED) is 0.272. The molecule has 3 aromatic heterocycles. The Morgan fingerprint density at radius 3 is 2.67 bits per heavy atom. The summed E-state index contributed by atoms with van der Waals surface area (Å²) >= 11 is 1.49. The molecule has 3 N–H and O–H groups in total. The van der Waals surface area contributed by atoms with E-state index in [0.29, 0.717) is 28.4 Å². The maximum atomic E-state index is 13.7. The van der Waals surface area contributed by atoms with E-state index in [4.69, 9.17) is 14.5 Å². The molecule has 9 nitrogen and oxygen atoms in total. The summed E-state index contributed by atoms with van der Waals surface area (Å²) < 4.78 is 12.4. The van der Waals surface area contributed by atoms with Crippen molar-refractivity contribution in [2.45, 2.75) is 12.6 Å². The smallest absolute Gasteiger partial charge is 0.271 e. The fourth-order valence-electron chi connectivity index (χ4n) is 4.54. The van der Waals surface area contributed by atoms with Gasteiger partial charge in [0.05, 0.1) is 18.2 Å². The van der Waals surface area contributed by atoms with Crippen molar-refractivity contribution in [3.63, 3.8) is 0 Å². The van der Waals surface area contributed by atoms with Crippen LogP contribution in [0.5, 0.6) is 11.5 Å². The van der Waals surface area contributed by atoms with E-state index in [2.05, 4.69) is 10.6 Å². The van der Waals surface area contributed by atoms with Crippen molar-refractivity contribution in [1.82, 2.24) is 20.0 Å². The molecule has 0 saturated heterocycles. The van der Waals surface area contributed by atoms with Crippen molar-refractivity contribution in [2.24, 2.45) is 0 Å². The SMILES string of the molecule is O=C(NCc1ccc2c(c1)OCO2)c1cccn2c(C(=O)N[C@H](CO)c3ccccc3)c(-c3ccsc3)nc12. The number of imidazole rings is 1. The van der Waals surface area contributed by atoms with E-state index in [-0.39, 0.29) is 31.5 Å². The Labute approximate surface area is 227 Å². The zero-order valence-electron chi connectivity index (χ0n) is 20.7. The molecule has 5 aromatic rings. The lowest BCUT2D eigenvalue weighted by atomic mass is 10.1. The number of hydrogen-bond donors (Lipinski definition) is 3. The molecule has 10 heteroatoms. The lowest BCUT2D eigenvalue weighted by Crippen LogP contribution is -2.32. The summed E-state index contributed by atoms with van der Waals surface area (Å²) in [6.45, 7) is 0.185. The minimum Gasteiger partial charge on any atom is -0.454 e. The second kappa shape index (κ2) is 10.6. The molecule has 6 rings (SSSR count). The van der Waals surface area contributed by atoms with Crippen LogP contribution in [0.25, 0.3) is 16.9 Å². The zero-order valence-corrected chi connectivity index (χ0v) is 21.5. The highest BCUT2D eigenvalue weighted by Gasteiger charge is 2.26. The fourth-order valence-corrected chi connectivity index (χ4v) is 5.18. The van der Waals surface area contributed by atoms with E-state index in [0.717, 1.165) is 16.7 Å². The minimum atomic E-state index is -0.604. The maximum absolute atomic E-state index is 13.7. The second-order valence-corrected chi connectivity index (χ2v) is 9.71. The average Bonchev–Trinajstić information content (AvgIpc) is 3.74. The molecule has 2 aromatic carbocycles. The van der Waals surface area contributed by atoms with Gasteiger partial charge in [-0.15, -0.1) is 0 Å². The van der Waals surface area contributed by atoms with E-state index < -0.39 is 11.9 Å². The highest BCUT2D eigenvalue weighted by atomic mass is 32.1. The van der Waals surface area contributed by atoms with Gasteiger partial charge in [-0.3, -0.25) is 14.0 Å². The number of benzene rings is 2. The van der Waals surface area contributed by atoms with Crippen LogP contribution in [0, 0.1) is 0 Å². The fraction of sp³-hybridized carbons (Fsp3) is 0.138. The summed E-state index contributed by atoms with van der Waals surface area (Å²) in [5.41, 5.74) is 3.82. The number of aromatic nitrogens is 2. The van der Waals surface area contributed by atoms with Gasteiger partial charge in [0.25, 0.3) is 11.8 Å². The van der Waals surface area contributed by atoms with Gasteiger partial charge < -0.3 is 25.2 Å². The first-order valence-electron chi connectivity index (χ1n) is 12.3. The highest BCUT2D eigenvalue weighted by Crippen LogP contribution is 2.32. The summed E-state index contributed by atoms with van der Waals surface area (Å²) in [5, 5.41) is 19.7. The number of nitrogens with zero attached hydrogens (tertiary/aromatic N) is 2. The molecule has 0 spiro atoms. The number of aliphatic hydroxyl groups excluding tert-OH is 1. The minimum absolute atomic E-state index is 0.180. The highest BCUT2D eigenvalue weighted by molar-refractivity contribution is 7.08. The molecule has 196 valence electrons. The van der Waals surface area contributed by atoms with Crippen molar-refractivity contribution in [2.75, 3.05) is 13.4 Å². The van der Waals surface area contributed by atoms with E-state index in [9.17, 15) is 14.7 Å². The van der Waals surface area contributed by atoms with E-state index in [1.165, 1.54) is 11.3 Å². The van der Waals surface area contributed by atoms with E-state index in [1.807, 2.05) is 65.4 Å². The number of nitrogens with one attached hydrogen (secondary N) is 2. The van der Waals surface area contributed by atoms with Crippen molar-refractivity contribution < 1.29 is 24.2 Å². The van der Waals surface area contributed by atoms with Crippen molar-refractivity contribution in [1.29, 1.82) is 0 Å². The second-order valence-electron chi connectivity index (χ2n) is 8.93. The Bertz CT molecular complexity index is 1650. The lowest BCUT2D eigenvalue weighted by molar-refractivity contribution is 0.0908. The maximum Gasteiger partial charge on any atom is 0.271 e. The van der Waals surface area contributed by atoms with Crippen molar-refractivity contribution >= 4 is 28.8 Å². The molecule has 0 saturated carbocycles. The summed E-state index contributed by atoms with van der Waals surface area (Å²) in [6, 6.07) is 19.4. The number of rotatable bonds is 8. The van der Waals surface area contributed by atoms with Gasteiger partial charge in [0.1, 0.15) is 11.4 Å². The van der Waals surface area contributed by atoms with Gasteiger partial charge in [0, 0.05) is 23.7 Å². The van der Waals surface area contributed by atoms with Crippen LogP contribution >= 0.6 is 11.3 Å². The predicted molar refractivity (Wildman–Crippen MR) is 146 cm³/mol. The molecular weight excluding hydrogens is 516 g/mol. The number of aliphatic hydroxyl groups is 1. The van der Waals surface area contributed by atoms with Crippen molar-refractivity contribution in [3.05, 3.63) is 106 Å². The van der Waals surface area contributed by atoms with Gasteiger partial charge >= 0.3 is 0 Å². The molecule has 0 unspecified atom stereocenters. The number of carbonyl (C=O) groups is 2. The van der Waals surface area contributed by atoms with Gasteiger partial charge in [-0.2, -0.15) is 11.3 Å². The van der Waals surface area contributed by atoms with Crippen molar-refractivity contribution in [3.8, 4) is 22.8 Å². The molecule has 0 fully saturated rings. The van der Waals surface area contributed by atoms with Crippen LogP contribution in [0.4, 0.5) is 0 Å². The van der Waals surface area contributed by atoms with Crippen LogP contribution in [0.1, 0.15) is 38.0 Å². The number of amides is 2. The van der Waals surface area contributed by atoms with Crippen LogP contribution in [0.2, 0.25) is 0 Å².